The van der Waals surface area contributed by atoms with Crippen molar-refractivity contribution in [3.63, 3.8) is 0 Å². The Morgan fingerprint density at radius 1 is 1.29 bits per heavy atom. The normalized spacial score (nSPS) is 21.2. The van der Waals surface area contributed by atoms with Gasteiger partial charge in [0.25, 0.3) is 5.91 Å². The maximum atomic E-state index is 13.0. The van der Waals surface area contributed by atoms with Gasteiger partial charge in [-0.1, -0.05) is 13.0 Å². The Morgan fingerprint density at radius 3 is 2.50 bits per heavy atom. The largest absolute Gasteiger partial charge is 0.373 e. The van der Waals surface area contributed by atoms with E-state index in [0.717, 1.165) is 13.1 Å². The molecule has 8 heteroatoms. The summed E-state index contributed by atoms with van der Waals surface area (Å²) in [5.41, 5.74) is 0.350. The van der Waals surface area contributed by atoms with E-state index < -0.39 is 10.0 Å². The van der Waals surface area contributed by atoms with E-state index >= 15 is 0 Å². The molecule has 1 aromatic carbocycles. The summed E-state index contributed by atoms with van der Waals surface area (Å²) >= 11 is 0. The van der Waals surface area contributed by atoms with Crippen molar-refractivity contribution in [1.82, 2.24) is 14.5 Å². The van der Waals surface area contributed by atoms with Gasteiger partial charge >= 0.3 is 0 Å². The molecule has 1 saturated heterocycles. The van der Waals surface area contributed by atoms with Crippen molar-refractivity contribution < 1.29 is 17.9 Å². The number of ether oxygens (including phenoxy) is 1. The van der Waals surface area contributed by atoms with Gasteiger partial charge in [0.05, 0.1) is 17.1 Å². The summed E-state index contributed by atoms with van der Waals surface area (Å²) in [6, 6.07) is 6.65. The molecule has 1 heterocycles. The van der Waals surface area contributed by atoms with Crippen molar-refractivity contribution >= 4 is 15.9 Å². The van der Waals surface area contributed by atoms with Crippen LogP contribution < -0.4 is 5.32 Å². The number of sulfonamides is 1. The van der Waals surface area contributed by atoms with Gasteiger partial charge in [0, 0.05) is 37.8 Å². The molecule has 0 aliphatic carbocycles. The SMILES string of the molecule is CCN(CCNC(=O)c1cccc(S(=O)(=O)N2CC(C)OC(C)C2)c1)C(C)C. The molecule has 2 atom stereocenters. The van der Waals surface area contributed by atoms with Crippen molar-refractivity contribution in [2.75, 3.05) is 32.7 Å². The van der Waals surface area contributed by atoms with E-state index in [1.54, 1.807) is 12.1 Å². The average Bonchev–Trinajstić information content (AvgIpc) is 2.64. The molecule has 1 N–H and O–H groups in total. The number of benzene rings is 1. The first-order valence-corrected chi connectivity index (χ1v) is 11.4. The Labute approximate surface area is 169 Å². The minimum Gasteiger partial charge on any atom is -0.373 e. The van der Waals surface area contributed by atoms with Crippen LogP contribution >= 0.6 is 0 Å². The third-order valence-corrected chi connectivity index (χ3v) is 6.77. The third-order valence-electron chi connectivity index (χ3n) is 4.94. The number of rotatable bonds is 8. The molecule has 7 nitrogen and oxygen atoms in total. The molecular weight excluding hydrogens is 378 g/mol. The lowest BCUT2D eigenvalue weighted by atomic mass is 10.2. The van der Waals surface area contributed by atoms with E-state index in [1.165, 1.54) is 16.4 Å². The minimum atomic E-state index is -3.67. The highest BCUT2D eigenvalue weighted by Crippen LogP contribution is 2.22. The fraction of sp³-hybridized carbons (Fsp3) is 0.650. The van der Waals surface area contributed by atoms with E-state index in [2.05, 4.69) is 31.0 Å². The van der Waals surface area contributed by atoms with E-state index in [-0.39, 0.29) is 23.0 Å². The van der Waals surface area contributed by atoms with E-state index in [1.807, 2.05) is 13.8 Å². The maximum absolute atomic E-state index is 13.0. The van der Waals surface area contributed by atoms with Gasteiger partial charge in [-0.25, -0.2) is 8.42 Å². The van der Waals surface area contributed by atoms with Crippen LogP contribution in [0.1, 0.15) is 45.0 Å². The zero-order valence-electron chi connectivity index (χ0n) is 17.5. The van der Waals surface area contributed by atoms with Crippen molar-refractivity contribution in [1.29, 1.82) is 0 Å². The highest BCUT2D eigenvalue weighted by atomic mass is 32.2. The van der Waals surface area contributed by atoms with Crippen LogP contribution in [0, 0.1) is 0 Å². The Balaban J connectivity index is 2.07. The molecule has 1 fully saturated rings. The van der Waals surface area contributed by atoms with Crippen LogP contribution in [0.15, 0.2) is 29.2 Å². The molecule has 1 aromatic rings. The van der Waals surface area contributed by atoms with E-state index in [0.29, 0.717) is 31.2 Å². The Morgan fingerprint density at radius 2 is 1.93 bits per heavy atom. The molecule has 0 radical (unpaired) electrons. The van der Waals surface area contributed by atoms with Gasteiger partial charge in [-0.05, 0) is 52.4 Å². The number of amides is 1. The van der Waals surface area contributed by atoms with Crippen molar-refractivity contribution in [2.24, 2.45) is 0 Å². The Kier molecular flexibility index (Phi) is 8.00. The predicted molar refractivity (Wildman–Crippen MR) is 110 cm³/mol. The van der Waals surface area contributed by atoms with Crippen LogP contribution in [0.3, 0.4) is 0 Å². The van der Waals surface area contributed by atoms with Gasteiger partial charge in [-0.3, -0.25) is 9.69 Å². The Hall–Kier alpha value is -1.48. The standard InChI is InChI=1S/C20H33N3O4S/c1-6-22(15(2)3)11-10-21-20(24)18-8-7-9-19(12-18)28(25,26)23-13-16(4)27-17(5)14-23/h7-9,12,15-17H,6,10-11,13-14H2,1-5H3,(H,21,24). The maximum Gasteiger partial charge on any atom is 0.251 e. The number of hydrogen-bond donors (Lipinski definition) is 1. The molecule has 0 bridgehead atoms. The lowest BCUT2D eigenvalue weighted by molar-refractivity contribution is -0.0440. The summed E-state index contributed by atoms with van der Waals surface area (Å²) in [6.45, 7) is 12.8. The minimum absolute atomic E-state index is 0.138. The van der Waals surface area contributed by atoms with E-state index in [4.69, 9.17) is 4.74 Å². The number of nitrogens with one attached hydrogen (secondary N) is 1. The molecule has 0 aromatic heterocycles. The predicted octanol–water partition coefficient (Wildman–Crippen LogP) is 1.94. The topological polar surface area (TPSA) is 79.0 Å². The van der Waals surface area contributed by atoms with Gasteiger partial charge in [0.2, 0.25) is 10.0 Å². The monoisotopic (exact) mass is 411 g/mol. The number of carbonyl (C=O) groups is 1. The number of hydrogen-bond acceptors (Lipinski definition) is 5. The average molecular weight is 412 g/mol. The summed E-state index contributed by atoms with van der Waals surface area (Å²) in [5, 5.41) is 2.88. The summed E-state index contributed by atoms with van der Waals surface area (Å²) < 4.78 is 33.1. The van der Waals surface area contributed by atoms with Crippen LogP contribution in [0.25, 0.3) is 0 Å². The summed E-state index contributed by atoms with van der Waals surface area (Å²) in [7, 11) is -3.67. The first kappa shape index (κ1) is 22.8. The fourth-order valence-electron chi connectivity index (χ4n) is 3.47. The van der Waals surface area contributed by atoms with Gasteiger partial charge in [0.1, 0.15) is 0 Å². The smallest absolute Gasteiger partial charge is 0.251 e. The zero-order chi connectivity index (χ0) is 20.9. The second-order valence-electron chi connectivity index (χ2n) is 7.59. The summed E-state index contributed by atoms with van der Waals surface area (Å²) in [4.78, 5) is 14.9. The molecule has 1 aliphatic rings. The van der Waals surface area contributed by atoms with Crippen LogP contribution in [0.5, 0.6) is 0 Å². The molecule has 0 spiro atoms. The highest BCUT2D eigenvalue weighted by molar-refractivity contribution is 7.89. The van der Waals surface area contributed by atoms with Crippen LogP contribution in [-0.4, -0.2) is 74.5 Å². The second-order valence-corrected chi connectivity index (χ2v) is 9.52. The first-order valence-electron chi connectivity index (χ1n) is 9.93. The van der Waals surface area contributed by atoms with Gasteiger partial charge in [-0.15, -0.1) is 0 Å². The molecular formula is C20H33N3O4S. The lowest BCUT2D eigenvalue weighted by Crippen LogP contribution is -2.48. The molecule has 1 amide bonds. The Bertz CT molecular complexity index is 756. The number of nitrogens with zero attached hydrogens (tertiary/aromatic N) is 2. The van der Waals surface area contributed by atoms with E-state index in [9.17, 15) is 13.2 Å². The van der Waals surface area contributed by atoms with Crippen LogP contribution in [0.4, 0.5) is 0 Å². The lowest BCUT2D eigenvalue weighted by Gasteiger charge is -2.34. The molecule has 158 valence electrons. The molecule has 0 saturated carbocycles. The van der Waals surface area contributed by atoms with Crippen molar-refractivity contribution in [3.05, 3.63) is 29.8 Å². The molecule has 1 aliphatic heterocycles. The van der Waals surface area contributed by atoms with Gasteiger partial charge in [0.15, 0.2) is 0 Å². The number of morpholine rings is 1. The first-order chi connectivity index (χ1) is 13.1. The highest BCUT2D eigenvalue weighted by Gasteiger charge is 2.32. The van der Waals surface area contributed by atoms with Crippen molar-refractivity contribution in [3.8, 4) is 0 Å². The third kappa shape index (κ3) is 5.76. The quantitative estimate of drug-likeness (QED) is 0.707. The molecule has 2 unspecified atom stereocenters. The zero-order valence-corrected chi connectivity index (χ0v) is 18.3. The van der Waals surface area contributed by atoms with Crippen molar-refractivity contribution in [2.45, 2.75) is 57.8 Å². The van der Waals surface area contributed by atoms with Crippen LogP contribution in [0.2, 0.25) is 0 Å². The summed E-state index contributed by atoms with van der Waals surface area (Å²) in [5.74, 6) is -0.263. The van der Waals surface area contributed by atoms with Gasteiger partial charge < -0.3 is 10.1 Å². The number of likely N-dealkylation sites (N-methyl/N-ethyl adjacent to an activating group) is 1. The fourth-order valence-corrected chi connectivity index (χ4v) is 5.11. The second kappa shape index (κ2) is 9.82. The number of carbonyl (C=O) groups excluding carboxylic acids is 1. The molecule has 2 rings (SSSR count). The molecule has 28 heavy (non-hydrogen) atoms. The van der Waals surface area contributed by atoms with Gasteiger partial charge in [-0.2, -0.15) is 4.31 Å². The van der Waals surface area contributed by atoms with Crippen LogP contribution in [-0.2, 0) is 14.8 Å². The summed E-state index contributed by atoms with van der Waals surface area (Å²) in [6.07, 6.45) is -0.319.